The molecule has 0 aliphatic carbocycles. The number of methoxy groups -OCH3 is 1. The van der Waals surface area contributed by atoms with Crippen molar-refractivity contribution in [3.8, 4) is 5.75 Å². The van der Waals surface area contributed by atoms with Gasteiger partial charge < -0.3 is 4.74 Å². The molecule has 7 nitrogen and oxygen atoms in total. The Morgan fingerprint density at radius 1 is 1.10 bits per heavy atom. The number of rotatable bonds is 8. The highest BCUT2D eigenvalue weighted by atomic mass is 35.5. The van der Waals surface area contributed by atoms with E-state index in [1.807, 2.05) is 24.3 Å². The summed E-state index contributed by atoms with van der Waals surface area (Å²) >= 11 is 6.09. The minimum absolute atomic E-state index is 0.0371. The number of sulfonamides is 1. The maximum atomic E-state index is 13.0. The molecule has 1 fully saturated rings. The van der Waals surface area contributed by atoms with E-state index in [0.717, 1.165) is 43.8 Å². The normalized spacial score (nSPS) is 16.5. The van der Waals surface area contributed by atoms with Gasteiger partial charge in [0.1, 0.15) is 10.6 Å². The van der Waals surface area contributed by atoms with Crippen LogP contribution in [0.15, 0.2) is 52.3 Å². The van der Waals surface area contributed by atoms with Crippen molar-refractivity contribution in [2.45, 2.75) is 28.7 Å². The van der Waals surface area contributed by atoms with Crippen molar-refractivity contribution in [1.29, 1.82) is 0 Å². The van der Waals surface area contributed by atoms with E-state index in [9.17, 15) is 16.8 Å². The molecule has 1 aliphatic heterocycles. The number of nitrogens with zero attached hydrogens (tertiary/aromatic N) is 1. The number of sulfone groups is 1. The number of benzene rings is 2. The zero-order chi connectivity index (χ0) is 21.9. The van der Waals surface area contributed by atoms with E-state index in [1.165, 1.54) is 12.1 Å². The highest BCUT2D eigenvalue weighted by molar-refractivity contribution is 7.91. The van der Waals surface area contributed by atoms with Gasteiger partial charge in [-0.05, 0) is 50.2 Å². The van der Waals surface area contributed by atoms with Crippen molar-refractivity contribution in [3.05, 3.63) is 53.1 Å². The molecule has 1 atom stereocenters. The molecule has 2 aromatic rings. The molecule has 3 rings (SSSR count). The molecule has 0 saturated carbocycles. The van der Waals surface area contributed by atoms with E-state index in [2.05, 4.69) is 9.62 Å². The highest BCUT2D eigenvalue weighted by Gasteiger charge is 2.28. The summed E-state index contributed by atoms with van der Waals surface area (Å²) in [6, 6.07) is 11.0. The molecule has 1 unspecified atom stereocenters. The Labute approximate surface area is 183 Å². The lowest BCUT2D eigenvalue weighted by molar-refractivity contribution is 0.240. The lowest BCUT2D eigenvalue weighted by Crippen LogP contribution is -2.37. The van der Waals surface area contributed by atoms with E-state index in [1.54, 1.807) is 7.11 Å². The third kappa shape index (κ3) is 5.15. The van der Waals surface area contributed by atoms with Crippen molar-refractivity contribution in [3.63, 3.8) is 0 Å². The number of para-hydroxylation sites is 1. The Hall–Kier alpha value is -1.65. The number of hydrogen-bond acceptors (Lipinski definition) is 6. The van der Waals surface area contributed by atoms with Gasteiger partial charge in [0.25, 0.3) is 0 Å². The average molecular weight is 473 g/mol. The van der Waals surface area contributed by atoms with Gasteiger partial charge in [-0.2, -0.15) is 0 Å². The van der Waals surface area contributed by atoms with Crippen molar-refractivity contribution in [1.82, 2.24) is 9.62 Å². The molecule has 0 amide bonds. The summed E-state index contributed by atoms with van der Waals surface area (Å²) in [7, 11) is -6.03. The number of halogens is 1. The van der Waals surface area contributed by atoms with Gasteiger partial charge in [0.05, 0.1) is 23.1 Å². The summed E-state index contributed by atoms with van der Waals surface area (Å²) in [4.78, 5) is 1.86. The first-order valence-corrected chi connectivity index (χ1v) is 13.2. The van der Waals surface area contributed by atoms with Crippen molar-refractivity contribution >= 4 is 31.5 Å². The maximum Gasteiger partial charge on any atom is 0.242 e. The third-order valence-corrected chi connectivity index (χ3v) is 8.18. The molecule has 1 N–H and O–H groups in total. The van der Waals surface area contributed by atoms with Crippen LogP contribution in [0.2, 0.25) is 5.02 Å². The first-order chi connectivity index (χ1) is 14.1. The number of ether oxygens (including phenoxy) is 1. The summed E-state index contributed by atoms with van der Waals surface area (Å²) in [6.07, 6.45) is 3.10. The van der Waals surface area contributed by atoms with Crippen LogP contribution < -0.4 is 9.46 Å². The largest absolute Gasteiger partial charge is 0.496 e. The van der Waals surface area contributed by atoms with Gasteiger partial charge in [-0.3, -0.25) is 4.90 Å². The van der Waals surface area contributed by atoms with Crippen LogP contribution in [-0.2, 0) is 19.9 Å². The highest BCUT2D eigenvalue weighted by Crippen LogP contribution is 2.32. The molecule has 2 aromatic carbocycles. The fraction of sp³-hybridized carbons (Fsp3) is 0.400. The standard InChI is InChI=1S/C20H25ClN2O5S2/c1-28-19-8-4-3-7-16(19)18(23-11-5-6-12-23)14-22-30(26,27)20-13-15(29(2,24)25)9-10-17(20)21/h3-4,7-10,13,18,22H,5-6,11-12,14H2,1-2H3. The fourth-order valence-electron chi connectivity index (χ4n) is 3.62. The Morgan fingerprint density at radius 3 is 2.40 bits per heavy atom. The first kappa shape index (κ1) is 23.0. The molecule has 164 valence electrons. The van der Waals surface area contributed by atoms with E-state index < -0.39 is 19.9 Å². The zero-order valence-electron chi connectivity index (χ0n) is 16.8. The molecule has 0 bridgehead atoms. The molecule has 1 heterocycles. The van der Waals surface area contributed by atoms with E-state index >= 15 is 0 Å². The molecular formula is C20H25ClN2O5S2. The Kier molecular flexibility index (Phi) is 7.09. The van der Waals surface area contributed by atoms with Crippen molar-refractivity contribution < 1.29 is 21.6 Å². The predicted molar refractivity (Wildman–Crippen MR) is 116 cm³/mol. The van der Waals surface area contributed by atoms with Crippen LogP contribution in [0.5, 0.6) is 5.75 Å². The van der Waals surface area contributed by atoms with Crippen LogP contribution in [0.3, 0.4) is 0 Å². The Morgan fingerprint density at radius 2 is 1.77 bits per heavy atom. The summed E-state index contributed by atoms with van der Waals surface area (Å²) in [5, 5.41) is -0.0371. The lowest BCUT2D eigenvalue weighted by Gasteiger charge is -2.29. The quantitative estimate of drug-likeness (QED) is 0.635. The molecule has 1 saturated heterocycles. The van der Waals surface area contributed by atoms with E-state index in [4.69, 9.17) is 16.3 Å². The lowest BCUT2D eigenvalue weighted by atomic mass is 10.0. The van der Waals surface area contributed by atoms with Crippen LogP contribution in [0.4, 0.5) is 0 Å². The summed E-state index contributed by atoms with van der Waals surface area (Å²) < 4.78 is 57.8. The van der Waals surface area contributed by atoms with Gasteiger partial charge in [0.2, 0.25) is 10.0 Å². The molecule has 0 radical (unpaired) electrons. The Balaban J connectivity index is 1.92. The minimum atomic E-state index is -4.04. The van der Waals surface area contributed by atoms with Crippen LogP contribution in [0, 0.1) is 0 Å². The topological polar surface area (TPSA) is 92.8 Å². The van der Waals surface area contributed by atoms with Crippen LogP contribution in [-0.4, -0.2) is 54.7 Å². The van der Waals surface area contributed by atoms with Crippen LogP contribution in [0.1, 0.15) is 24.4 Å². The van der Waals surface area contributed by atoms with Crippen LogP contribution >= 0.6 is 11.6 Å². The predicted octanol–water partition coefficient (Wildman–Crippen LogP) is 2.87. The number of likely N-dealkylation sites (tertiary alicyclic amines) is 1. The van der Waals surface area contributed by atoms with Crippen LogP contribution in [0.25, 0.3) is 0 Å². The SMILES string of the molecule is COc1ccccc1C(CNS(=O)(=O)c1cc(S(C)(=O)=O)ccc1Cl)N1CCCC1. The molecule has 30 heavy (non-hydrogen) atoms. The van der Waals surface area contributed by atoms with Gasteiger partial charge in [0, 0.05) is 18.4 Å². The second-order valence-electron chi connectivity index (χ2n) is 7.22. The second-order valence-corrected chi connectivity index (χ2v) is 11.4. The van der Waals surface area contributed by atoms with Gasteiger partial charge in [-0.15, -0.1) is 0 Å². The van der Waals surface area contributed by atoms with Crippen molar-refractivity contribution in [2.75, 3.05) is 33.0 Å². The van der Waals surface area contributed by atoms with Crippen molar-refractivity contribution in [2.24, 2.45) is 0 Å². The smallest absolute Gasteiger partial charge is 0.242 e. The third-order valence-electron chi connectivity index (χ3n) is 5.17. The molecule has 1 aliphatic rings. The van der Waals surface area contributed by atoms with E-state index in [-0.39, 0.29) is 27.4 Å². The Bertz CT molecular complexity index is 1110. The zero-order valence-corrected chi connectivity index (χ0v) is 19.2. The summed E-state index contributed by atoms with van der Waals surface area (Å²) in [6.45, 7) is 1.81. The molecule has 0 aromatic heterocycles. The number of hydrogen-bond donors (Lipinski definition) is 1. The molecular weight excluding hydrogens is 448 g/mol. The maximum absolute atomic E-state index is 13.0. The monoisotopic (exact) mass is 472 g/mol. The van der Waals surface area contributed by atoms with Gasteiger partial charge >= 0.3 is 0 Å². The van der Waals surface area contributed by atoms with Gasteiger partial charge in [-0.1, -0.05) is 29.8 Å². The first-order valence-electron chi connectivity index (χ1n) is 9.50. The summed E-state index contributed by atoms with van der Waals surface area (Å²) in [5.74, 6) is 0.686. The summed E-state index contributed by atoms with van der Waals surface area (Å²) in [5.41, 5.74) is 0.889. The second kappa shape index (κ2) is 9.23. The minimum Gasteiger partial charge on any atom is -0.496 e. The van der Waals surface area contributed by atoms with Gasteiger partial charge in [0.15, 0.2) is 9.84 Å². The average Bonchev–Trinajstić information content (AvgIpc) is 3.22. The molecule has 0 spiro atoms. The number of nitrogens with one attached hydrogen (secondary N) is 1. The van der Waals surface area contributed by atoms with E-state index in [0.29, 0.717) is 5.75 Å². The molecule has 10 heteroatoms. The van der Waals surface area contributed by atoms with Gasteiger partial charge in [-0.25, -0.2) is 21.6 Å². The fourth-order valence-corrected chi connectivity index (χ4v) is 5.90.